The molecule has 0 saturated carbocycles. The van der Waals surface area contributed by atoms with Crippen LogP contribution in [0.1, 0.15) is 27.1 Å². The van der Waals surface area contributed by atoms with Crippen molar-refractivity contribution in [3.05, 3.63) is 92.8 Å². The minimum atomic E-state index is 0.781. The molecule has 0 unspecified atom stereocenters. The normalized spacial score (nSPS) is 12.8. The van der Waals surface area contributed by atoms with Crippen molar-refractivity contribution in [3.63, 3.8) is 0 Å². The van der Waals surface area contributed by atoms with Crippen molar-refractivity contribution in [2.75, 3.05) is 5.73 Å². The van der Waals surface area contributed by atoms with Gasteiger partial charge in [-0.2, -0.15) is 0 Å². The van der Waals surface area contributed by atoms with E-state index < -0.39 is 0 Å². The molecule has 2 heteroatoms. The Morgan fingerprint density at radius 3 is 2.78 bits per heavy atom. The van der Waals surface area contributed by atoms with E-state index >= 15 is 0 Å². The SMILES string of the molecule is Nc1cccc(C=C=C2c3ccccc3CCc3sccc32)c1. The molecule has 0 atom stereocenters. The molecule has 1 heterocycles. The Morgan fingerprint density at radius 1 is 0.957 bits per heavy atom. The summed E-state index contributed by atoms with van der Waals surface area (Å²) in [6.45, 7) is 0. The Bertz CT molecular complexity index is 926. The van der Waals surface area contributed by atoms with Gasteiger partial charge in [-0.3, -0.25) is 0 Å². The third kappa shape index (κ3) is 2.75. The van der Waals surface area contributed by atoms with Gasteiger partial charge in [0.15, 0.2) is 0 Å². The standard InChI is InChI=1S/C21H17NS/c22-17-6-3-4-15(14-17)8-10-19-18-7-2-1-5-16(18)9-11-21-20(19)12-13-23-21/h1-8,12-14H,9,11,22H2. The molecule has 1 aromatic heterocycles. The van der Waals surface area contributed by atoms with Crippen LogP contribution in [0.2, 0.25) is 0 Å². The van der Waals surface area contributed by atoms with Crippen LogP contribution in [0.5, 0.6) is 0 Å². The molecule has 0 aliphatic heterocycles. The number of nitrogen functional groups attached to an aromatic ring is 1. The number of aryl methyl sites for hydroxylation is 2. The quantitative estimate of drug-likeness (QED) is 0.486. The first-order valence-electron chi connectivity index (χ1n) is 7.78. The average molecular weight is 315 g/mol. The summed E-state index contributed by atoms with van der Waals surface area (Å²) in [6.07, 6.45) is 4.23. The maximum absolute atomic E-state index is 5.88. The Balaban J connectivity index is 1.92. The summed E-state index contributed by atoms with van der Waals surface area (Å²) in [5, 5.41) is 2.18. The number of anilines is 1. The molecule has 0 bridgehead atoms. The minimum absolute atomic E-state index is 0.781. The number of nitrogens with two attached hydrogens (primary N) is 1. The zero-order chi connectivity index (χ0) is 15.6. The van der Waals surface area contributed by atoms with E-state index in [1.807, 2.05) is 35.6 Å². The van der Waals surface area contributed by atoms with E-state index in [2.05, 4.69) is 47.5 Å². The fourth-order valence-corrected chi connectivity index (χ4v) is 3.98. The van der Waals surface area contributed by atoms with Crippen LogP contribution in [0.25, 0.3) is 11.6 Å². The summed E-state index contributed by atoms with van der Waals surface area (Å²) < 4.78 is 0. The molecule has 0 saturated heterocycles. The van der Waals surface area contributed by atoms with E-state index in [0.29, 0.717) is 0 Å². The molecule has 23 heavy (non-hydrogen) atoms. The summed E-state index contributed by atoms with van der Waals surface area (Å²) in [5.74, 6) is 0. The van der Waals surface area contributed by atoms with Crippen LogP contribution in [0.15, 0.2) is 65.7 Å². The summed E-state index contributed by atoms with van der Waals surface area (Å²) in [6, 6.07) is 18.8. The Morgan fingerprint density at radius 2 is 1.87 bits per heavy atom. The van der Waals surface area contributed by atoms with E-state index in [4.69, 9.17) is 5.73 Å². The predicted octanol–water partition coefficient (Wildman–Crippen LogP) is 5.17. The largest absolute Gasteiger partial charge is 0.399 e. The lowest BCUT2D eigenvalue weighted by atomic mass is 9.96. The van der Waals surface area contributed by atoms with Crippen LogP contribution in [0.4, 0.5) is 5.69 Å². The van der Waals surface area contributed by atoms with Gasteiger partial charge in [0.1, 0.15) is 0 Å². The highest BCUT2D eigenvalue weighted by Crippen LogP contribution is 2.35. The number of hydrogen-bond donors (Lipinski definition) is 1. The molecular formula is C21H17NS. The van der Waals surface area contributed by atoms with Gasteiger partial charge in [0.2, 0.25) is 0 Å². The van der Waals surface area contributed by atoms with Gasteiger partial charge in [-0.25, -0.2) is 0 Å². The first-order chi connectivity index (χ1) is 11.3. The fourth-order valence-electron chi connectivity index (χ4n) is 3.09. The first-order valence-corrected chi connectivity index (χ1v) is 8.66. The molecule has 1 aliphatic rings. The molecule has 4 rings (SSSR count). The van der Waals surface area contributed by atoms with Gasteiger partial charge in [0.05, 0.1) is 0 Å². The molecule has 2 aromatic carbocycles. The van der Waals surface area contributed by atoms with Crippen LogP contribution in [-0.4, -0.2) is 0 Å². The fraction of sp³-hybridized carbons (Fsp3) is 0.0952. The average Bonchev–Trinajstić information content (AvgIpc) is 2.97. The molecule has 0 fully saturated rings. The first kappa shape index (κ1) is 14.1. The van der Waals surface area contributed by atoms with Gasteiger partial charge in [0, 0.05) is 21.7 Å². The zero-order valence-electron chi connectivity index (χ0n) is 12.8. The number of fused-ring (bicyclic) bond motifs is 2. The number of benzene rings is 2. The van der Waals surface area contributed by atoms with Crippen molar-refractivity contribution >= 4 is 28.7 Å². The van der Waals surface area contributed by atoms with Crippen molar-refractivity contribution in [1.82, 2.24) is 0 Å². The molecular weight excluding hydrogens is 298 g/mol. The van der Waals surface area contributed by atoms with Crippen LogP contribution in [0.3, 0.4) is 0 Å². The third-order valence-corrected chi connectivity index (χ3v) is 5.20. The second-order valence-electron chi connectivity index (χ2n) is 5.75. The lowest BCUT2D eigenvalue weighted by molar-refractivity contribution is 0.985. The maximum atomic E-state index is 5.88. The van der Waals surface area contributed by atoms with Gasteiger partial charge in [-0.15, -0.1) is 17.1 Å². The lowest BCUT2D eigenvalue weighted by Crippen LogP contribution is -1.90. The highest BCUT2D eigenvalue weighted by atomic mass is 32.1. The predicted molar refractivity (Wildman–Crippen MR) is 99.5 cm³/mol. The summed E-state index contributed by atoms with van der Waals surface area (Å²) >= 11 is 1.84. The summed E-state index contributed by atoms with van der Waals surface area (Å²) in [7, 11) is 0. The van der Waals surface area contributed by atoms with E-state index in [0.717, 1.165) is 24.1 Å². The van der Waals surface area contributed by atoms with E-state index in [1.54, 1.807) is 0 Å². The molecule has 1 aliphatic carbocycles. The highest BCUT2D eigenvalue weighted by molar-refractivity contribution is 7.10. The van der Waals surface area contributed by atoms with Gasteiger partial charge >= 0.3 is 0 Å². The monoisotopic (exact) mass is 315 g/mol. The molecule has 0 amide bonds. The van der Waals surface area contributed by atoms with E-state index in [9.17, 15) is 0 Å². The Hall–Kier alpha value is -2.54. The molecule has 0 radical (unpaired) electrons. The second-order valence-corrected chi connectivity index (χ2v) is 6.75. The topological polar surface area (TPSA) is 26.0 Å². The number of thiophene rings is 1. The van der Waals surface area contributed by atoms with Crippen LogP contribution in [0, 0.1) is 0 Å². The minimum Gasteiger partial charge on any atom is -0.399 e. The second kappa shape index (κ2) is 5.92. The maximum Gasteiger partial charge on any atom is 0.0323 e. The molecule has 2 N–H and O–H groups in total. The highest BCUT2D eigenvalue weighted by Gasteiger charge is 2.18. The molecule has 1 nitrogen and oxygen atoms in total. The molecule has 3 aromatic rings. The van der Waals surface area contributed by atoms with Crippen molar-refractivity contribution in [3.8, 4) is 0 Å². The van der Waals surface area contributed by atoms with Gasteiger partial charge < -0.3 is 5.73 Å². The van der Waals surface area contributed by atoms with E-state index in [-0.39, 0.29) is 0 Å². The van der Waals surface area contributed by atoms with Gasteiger partial charge in [-0.05, 0) is 59.2 Å². The van der Waals surface area contributed by atoms with Crippen molar-refractivity contribution < 1.29 is 0 Å². The molecule has 0 spiro atoms. The van der Waals surface area contributed by atoms with Gasteiger partial charge in [-0.1, -0.05) is 36.4 Å². The lowest BCUT2D eigenvalue weighted by Gasteiger charge is -2.07. The number of rotatable bonds is 1. The van der Waals surface area contributed by atoms with Crippen LogP contribution in [-0.2, 0) is 12.8 Å². The number of hydrogen-bond acceptors (Lipinski definition) is 2. The van der Waals surface area contributed by atoms with Crippen molar-refractivity contribution in [2.24, 2.45) is 0 Å². The van der Waals surface area contributed by atoms with Crippen molar-refractivity contribution in [2.45, 2.75) is 12.8 Å². The Kier molecular flexibility index (Phi) is 3.63. The van der Waals surface area contributed by atoms with E-state index in [1.165, 1.54) is 27.1 Å². The molecule has 112 valence electrons. The summed E-state index contributed by atoms with van der Waals surface area (Å²) in [5.41, 5.74) is 16.5. The van der Waals surface area contributed by atoms with Crippen LogP contribution >= 0.6 is 11.3 Å². The van der Waals surface area contributed by atoms with Crippen molar-refractivity contribution in [1.29, 1.82) is 0 Å². The van der Waals surface area contributed by atoms with Crippen LogP contribution < -0.4 is 5.73 Å². The zero-order valence-corrected chi connectivity index (χ0v) is 13.6. The van der Waals surface area contributed by atoms with Gasteiger partial charge in [0.25, 0.3) is 0 Å². The Labute approximate surface area is 140 Å². The third-order valence-electron chi connectivity index (χ3n) is 4.22. The summed E-state index contributed by atoms with van der Waals surface area (Å²) in [4.78, 5) is 1.45. The smallest absolute Gasteiger partial charge is 0.0323 e.